The third-order valence-electron chi connectivity index (χ3n) is 3.32. The lowest BCUT2D eigenvalue weighted by molar-refractivity contribution is 0.856. The van der Waals surface area contributed by atoms with Gasteiger partial charge in [0, 0.05) is 13.6 Å². The highest BCUT2D eigenvalue weighted by atomic mass is 15.2. The molecule has 0 aliphatic carbocycles. The van der Waals surface area contributed by atoms with E-state index in [2.05, 4.69) is 48.1 Å². The van der Waals surface area contributed by atoms with Crippen LogP contribution >= 0.6 is 0 Å². The van der Waals surface area contributed by atoms with E-state index < -0.39 is 0 Å². The second-order valence-electron chi connectivity index (χ2n) is 5.00. The van der Waals surface area contributed by atoms with Crippen LogP contribution in [0.25, 0.3) is 0 Å². The van der Waals surface area contributed by atoms with Gasteiger partial charge in [0.1, 0.15) is 5.82 Å². The number of anilines is 2. The minimum absolute atomic E-state index is 0.746. The van der Waals surface area contributed by atoms with E-state index in [0.29, 0.717) is 0 Å². The molecule has 0 radical (unpaired) electrons. The molecular weight excluding hydrogens is 234 g/mol. The number of hydrogen-bond donors (Lipinski definition) is 1. The quantitative estimate of drug-likeness (QED) is 0.913. The summed E-state index contributed by atoms with van der Waals surface area (Å²) in [5.74, 6) is 0.972. The number of aromatic nitrogens is 1. The highest BCUT2D eigenvalue weighted by Gasteiger charge is 2.04. The maximum Gasteiger partial charge on any atom is 0.128 e. The zero-order valence-corrected chi connectivity index (χ0v) is 11.9. The number of nitrogens with zero attached hydrogens (tertiary/aromatic N) is 2. The molecule has 1 heterocycles. The topological polar surface area (TPSA) is 42.1 Å². The lowest BCUT2D eigenvalue weighted by atomic mass is 10.1. The number of rotatable bonds is 4. The van der Waals surface area contributed by atoms with Crippen molar-refractivity contribution in [3.63, 3.8) is 0 Å². The van der Waals surface area contributed by atoms with E-state index >= 15 is 0 Å². The Morgan fingerprint density at radius 1 is 1.16 bits per heavy atom. The van der Waals surface area contributed by atoms with Gasteiger partial charge in [0.25, 0.3) is 0 Å². The van der Waals surface area contributed by atoms with Gasteiger partial charge in [-0.05, 0) is 38.0 Å². The minimum atomic E-state index is 0.746. The zero-order chi connectivity index (χ0) is 13.8. The van der Waals surface area contributed by atoms with Crippen LogP contribution in [0.5, 0.6) is 0 Å². The molecule has 1 aromatic carbocycles. The van der Waals surface area contributed by atoms with Crippen molar-refractivity contribution in [3.05, 3.63) is 53.2 Å². The van der Waals surface area contributed by atoms with Crippen LogP contribution < -0.4 is 10.6 Å². The second kappa shape index (κ2) is 5.74. The lowest BCUT2D eigenvalue weighted by Gasteiger charge is -2.19. The molecule has 19 heavy (non-hydrogen) atoms. The van der Waals surface area contributed by atoms with E-state index in [4.69, 9.17) is 5.73 Å². The van der Waals surface area contributed by atoms with Gasteiger partial charge in [-0.1, -0.05) is 29.8 Å². The molecule has 0 saturated heterocycles. The summed E-state index contributed by atoms with van der Waals surface area (Å²) < 4.78 is 0. The van der Waals surface area contributed by atoms with E-state index in [0.717, 1.165) is 30.2 Å². The molecule has 3 heteroatoms. The monoisotopic (exact) mass is 255 g/mol. The number of pyridine rings is 1. The molecule has 1 aromatic heterocycles. The summed E-state index contributed by atoms with van der Waals surface area (Å²) in [6.45, 7) is 5.01. The Bertz CT molecular complexity index is 564. The van der Waals surface area contributed by atoms with Gasteiger partial charge in [-0.2, -0.15) is 0 Å². The van der Waals surface area contributed by atoms with Crippen LogP contribution in [0.3, 0.4) is 0 Å². The Morgan fingerprint density at radius 2 is 1.95 bits per heavy atom. The zero-order valence-electron chi connectivity index (χ0n) is 11.9. The fourth-order valence-corrected chi connectivity index (χ4v) is 2.05. The largest absolute Gasteiger partial charge is 0.397 e. The number of hydrogen-bond acceptors (Lipinski definition) is 3. The molecule has 2 rings (SSSR count). The molecule has 0 saturated carbocycles. The molecule has 0 amide bonds. The molecule has 100 valence electrons. The predicted octanol–water partition coefficient (Wildman–Crippen LogP) is 2.96. The third kappa shape index (κ3) is 3.47. The first-order chi connectivity index (χ1) is 9.06. The highest BCUT2D eigenvalue weighted by Crippen LogP contribution is 2.15. The molecular formula is C16H21N3. The summed E-state index contributed by atoms with van der Waals surface area (Å²) in [6, 6.07) is 12.5. The smallest absolute Gasteiger partial charge is 0.128 e. The van der Waals surface area contributed by atoms with Crippen LogP contribution in [0, 0.1) is 13.8 Å². The van der Waals surface area contributed by atoms with Gasteiger partial charge in [0.15, 0.2) is 0 Å². The van der Waals surface area contributed by atoms with Gasteiger partial charge in [-0.25, -0.2) is 4.98 Å². The van der Waals surface area contributed by atoms with Crippen LogP contribution in [0.15, 0.2) is 36.4 Å². The summed E-state index contributed by atoms with van der Waals surface area (Å²) in [6.07, 6.45) is 1.02. The Hall–Kier alpha value is -2.03. The van der Waals surface area contributed by atoms with E-state index in [1.807, 2.05) is 19.1 Å². The first kappa shape index (κ1) is 13.4. The number of benzene rings is 1. The first-order valence-electron chi connectivity index (χ1n) is 6.56. The molecule has 0 atom stereocenters. The van der Waals surface area contributed by atoms with Gasteiger partial charge in [0.2, 0.25) is 0 Å². The summed E-state index contributed by atoms with van der Waals surface area (Å²) in [4.78, 5) is 6.66. The molecule has 0 spiro atoms. The molecule has 2 N–H and O–H groups in total. The predicted molar refractivity (Wildman–Crippen MR) is 81.5 cm³/mol. The van der Waals surface area contributed by atoms with Gasteiger partial charge >= 0.3 is 0 Å². The Balaban J connectivity index is 2.01. The third-order valence-corrected chi connectivity index (χ3v) is 3.32. The van der Waals surface area contributed by atoms with E-state index in [1.165, 1.54) is 11.1 Å². The summed E-state index contributed by atoms with van der Waals surface area (Å²) >= 11 is 0. The van der Waals surface area contributed by atoms with Crippen molar-refractivity contribution < 1.29 is 0 Å². The number of nitrogen functional groups attached to an aromatic ring is 1. The van der Waals surface area contributed by atoms with Crippen molar-refractivity contribution in [3.8, 4) is 0 Å². The number of nitrogens with two attached hydrogens (primary N) is 1. The van der Waals surface area contributed by atoms with Crippen LogP contribution in [-0.2, 0) is 6.42 Å². The van der Waals surface area contributed by atoms with Gasteiger partial charge < -0.3 is 10.6 Å². The summed E-state index contributed by atoms with van der Waals surface area (Å²) in [7, 11) is 2.06. The normalized spacial score (nSPS) is 10.5. The van der Waals surface area contributed by atoms with Crippen molar-refractivity contribution >= 4 is 11.5 Å². The highest BCUT2D eigenvalue weighted by molar-refractivity contribution is 5.50. The fourth-order valence-electron chi connectivity index (χ4n) is 2.05. The maximum absolute atomic E-state index is 5.79. The van der Waals surface area contributed by atoms with Crippen LogP contribution in [0.1, 0.15) is 16.8 Å². The molecule has 0 aliphatic rings. The Morgan fingerprint density at radius 3 is 2.63 bits per heavy atom. The van der Waals surface area contributed by atoms with Crippen molar-refractivity contribution in [1.82, 2.24) is 4.98 Å². The van der Waals surface area contributed by atoms with Crippen LogP contribution in [0.4, 0.5) is 11.5 Å². The van der Waals surface area contributed by atoms with E-state index in [1.54, 1.807) is 0 Å². The number of aryl methyl sites for hydroxylation is 2. The molecule has 0 unspecified atom stereocenters. The SMILES string of the molecule is Cc1cccc(CCN(C)c2ccc(N)c(C)n2)c1. The average molecular weight is 255 g/mol. The van der Waals surface area contributed by atoms with Crippen molar-refractivity contribution in [2.75, 3.05) is 24.2 Å². The second-order valence-corrected chi connectivity index (χ2v) is 5.00. The summed E-state index contributed by atoms with van der Waals surface area (Å²) in [5.41, 5.74) is 10.1. The maximum atomic E-state index is 5.79. The van der Waals surface area contributed by atoms with Crippen molar-refractivity contribution in [1.29, 1.82) is 0 Å². The molecule has 0 aliphatic heterocycles. The minimum Gasteiger partial charge on any atom is -0.397 e. The average Bonchev–Trinajstić information content (AvgIpc) is 2.39. The fraction of sp³-hybridized carbons (Fsp3) is 0.312. The van der Waals surface area contributed by atoms with Crippen LogP contribution in [-0.4, -0.2) is 18.6 Å². The number of likely N-dealkylation sites (N-methyl/N-ethyl adjacent to an activating group) is 1. The molecule has 0 fully saturated rings. The Kier molecular flexibility index (Phi) is 4.05. The first-order valence-corrected chi connectivity index (χ1v) is 6.56. The van der Waals surface area contributed by atoms with Gasteiger partial charge in [0.05, 0.1) is 11.4 Å². The molecule has 0 bridgehead atoms. The van der Waals surface area contributed by atoms with Gasteiger partial charge in [-0.15, -0.1) is 0 Å². The standard InChI is InChI=1S/C16H21N3/c1-12-5-4-6-14(11-12)9-10-19(3)16-8-7-15(17)13(2)18-16/h4-8,11H,9-10,17H2,1-3H3. The van der Waals surface area contributed by atoms with E-state index in [-0.39, 0.29) is 0 Å². The van der Waals surface area contributed by atoms with Crippen molar-refractivity contribution in [2.24, 2.45) is 0 Å². The van der Waals surface area contributed by atoms with Crippen molar-refractivity contribution in [2.45, 2.75) is 20.3 Å². The van der Waals surface area contributed by atoms with Gasteiger partial charge in [-0.3, -0.25) is 0 Å². The summed E-state index contributed by atoms with van der Waals surface area (Å²) in [5, 5.41) is 0. The molecule has 3 nitrogen and oxygen atoms in total. The lowest BCUT2D eigenvalue weighted by Crippen LogP contribution is -2.21. The molecule has 2 aromatic rings. The van der Waals surface area contributed by atoms with Crippen LogP contribution in [0.2, 0.25) is 0 Å². The Labute approximate surface area is 115 Å². The van der Waals surface area contributed by atoms with E-state index in [9.17, 15) is 0 Å².